The van der Waals surface area contributed by atoms with Crippen molar-refractivity contribution in [2.45, 2.75) is 0 Å². The van der Waals surface area contributed by atoms with Crippen LogP contribution in [-0.2, 0) is 0 Å². The van der Waals surface area contributed by atoms with E-state index in [0.717, 1.165) is 0 Å². The molecule has 0 spiro atoms. The van der Waals surface area contributed by atoms with E-state index >= 15 is 0 Å². The van der Waals surface area contributed by atoms with Crippen molar-refractivity contribution in [1.29, 1.82) is 0 Å². The number of nitrogens with one attached hydrogen (secondary N) is 2. The minimum Gasteiger partial charge on any atom is -0.331 e. The fourth-order valence-corrected chi connectivity index (χ4v) is 2.16. The molecule has 2 rings (SSSR count). The van der Waals surface area contributed by atoms with Crippen LogP contribution in [0.1, 0.15) is 10.4 Å². The van der Waals surface area contributed by atoms with Gasteiger partial charge in [0, 0.05) is 10.0 Å². The molecule has 2 aromatic rings. The summed E-state index contributed by atoms with van der Waals surface area (Å²) in [7, 11) is 0. The third-order valence-corrected chi connectivity index (χ3v) is 3.30. The summed E-state index contributed by atoms with van der Waals surface area (Å²) in [5.74, 6) is -0.664. The molecule has 0 heterocycles. The fourth-order valence-electron chi connectivity index (χ4n) is 1.51. The Kier molecular flexibility index (Phi) is 4.81. The summed E-state index contributed by atoms with van der Waals surface area (Å²) in [6.07, 6.45) is 0. The Bertz CT molecular complexity index is 649. The average molecular weight is 353 g/mol. The Morgan fingerprint density at radius 3 is 2.50 bits per heavy atom. The molecule has 0 atom stereocenters. The highest BCUT2D eigenvalue weighted by molar-refractivity contribution is 9.10. The van der Waals surface area contributed by atoms with Gasteiger partial charge in [-0.05, 0) is 58.5 Å². The van der Waals surface area contributed by atoms with Crippen LogP contribution in [0.2, 0.25) is 0 Å². The summed E-state index contributed by atoms with van der Waals surface area (Å²) in [6.45, 7) is 0. The molecule has 102 valence electrons. The summed E-state index contributed by atoms with van der Waals surface area (Å²) in [4.78, 5) is 11.9. The van der Waals surface area contributed by atoms with Crippen LogP contribution in [0.3, 0.4) is 0 Å². The number of amides is 1. The van der Waals surface area contributed by atoms with Gasteiger partial charge in [-0.15, -0.1) is 0 Å². The van der Waals surface area contributed by atoms with Gasteiger partial charge in [0.05, 0.1) is 5.69 Å². The number of hydrogen-bond donors (Lipinski definition) is 2. The second-order valence-corrected chi connectivity index (χ2v) is 5.16. The SMILES string of the molecule is O=C(NC(=S)Nc1ccc(F)cc1Br)c1ccccc1. The van der Waals surface area contributed by atoms with Gasteiger partial charge in [0.2, 0.25) is 0 Å². The molecule has 0 radical (unpaired) electrons. The molecule has 0 unspecified atom stereocenters. The number of carbonyl (C=O) groups is 1. The maximum absolute atomic E-state index is 13.0. The van der Waals surface area contributed by atoms with Gasteiger partial charge >= 0.3 is 0 Å². The highest BCUT2D eigenvalue weighted by Crippen LogP contribution is 2.22. The predicted molar refractivity (Wildman–Crippen MR) is 84.2 cm³/mol. The molecule has 0 aliphatic heterocycles. The zero-order valence-corrected chi connectivity index (χ0v) is 12.6. The molecule has 0 aliphatic rings. The topological polar surface area (TPSA) is 41.1 Å². The van der Waals surface area contributed by atoms with Crippen LogP contribution < -0.4 is 10.6 Å². The van der Waals surface area contributed by atoms with E-state index in [1.165, 1.54) is 18.2 Å². The van der Waals surface area contributed by atoms with E-state index in [2.05, 4.69) is 26.6 Å². The third kappa shape index (κ3) is 3.85. The summed E-state index contributed by atoms with van der Waals surface area (Å²) in [5.41, 5.74) is 1.08. The van der Waals surface area contributed by atoms with Crippen molar-refractivity contribution in [2.75, 3.05) is 5.32 Å². The van der Waals surface area contributed by atoms with Gasteiger partial charge in [0.15, 0.2) is 5.11 Å². The second kappa shape index (κ2) is 6.58. The van der Waals surface area contributed by atoms with Gasteiger partial charge in [0.25, 0.3) is 5.91 Å². The maximum Gasteiger partial charge on any atom is 0.257 e. The molecule has 20 heavy (non-hydrogen) atoms. The van der Waals surface area contributed by atoms with Crippen LogP contribution in [0, 0.1) is 5.82 Å². The average Bonchev–Trinajstić information content (AvgIpc) is 2.43. The first-order chi connectivity index (χ1) is 9.56. The molecule has 6 heteroatoms. The van der Waals surface area contributed by atoms with E-state index < -0.39 is 0 Å². The number of carbonyl (C=O) groups excluding carboxylic acids is 1. The van der Waals surface area contributed by atoms with Gasteiger partial charge < -0.3 is 5.32 Å². The molecule has 0 aliphatic carbocycles. The first-order valence-corrected chi connectivity index (χ1v) is 6.89. The van der Waals surface area contributed by atoms with Gasteiger partial charge in [-0.3, -0.25) is 10.1 Å². The maximum atomic E-state index is 13.0. The van der Waals surface area contributed by atoms with Crippen molar-refractivity contribution in [2.24, 2.45) is 0 Å². The lowest BCUT2D eigenvalue weighted by molar-refractivity contribution is 0.0977. The summed E-state index contributed by atoms with van der Waals surface area (Å²) in [6, 6.07) is 12.9. The van der Waals surface area contributed by atoms with E-state index in [9.17, 15) is 9.18 Å². The Morgan fingerprint density at radius 1 is 1.15 bits per heavy atom. The number of halogens is 2. The number of hydrogen-bond acceptors (Lipinski definition) is 2. The monoisotopic (exact) mass is 352 g/mol. The summed E-state index contributed by atoms with van der Waals surface area (Å²) < 4.78 is 13.5. The lowest BCUT2D eigenvalue weighted by Crippen LogP contribution is -2.34. The number of rotatable bonds is 2. The van der Waals surface area contributed by atoms with E-state index in [-0.39, 0.29) is 16.8 Å². The third-order valence-electron chi connectivity index (χ3n) is 2.44. The minimum absolute atomic E-state index is 0.145. The molecular formula is C14H10BrFN2OS. The van der Waals surface area contributed by atoms with Crippen LogP contribution in [0.4, 0.5) is 10.1 Å². The Labute approximate surface area is 129 Å². The van der Waals surface area contributed by atoms with E-state index in [1.807, 2.05) is 6.07 Å². The number of anilines is 1. The van der Waals surface area contributed by atoms with Crippen LogP contribution in [-0.4, -0.2) is 11.0 Å². The van der Waals surface area contributed by atoms with E-state index in [0.29, 0.717) is 15.7 Å². The molecular weight excluding hydrogens is 343 g/mol. The zero-order valence-electron chi connectivity index (χ0n) is 10.2. The smallest absolute Gasteiger partial charge is 0.257 e. The van der Waals surface area contributed by atoms with Crippen molar-refractivity contribution in [3.8, 4) is 0 Å². The molecule has 2 aromatic carbocycles. The molecule has 3 nitrogen and oxygen atoms in total. The van der Waals surface area contributed by atoms with Crippen LogP contribution in [0.15, 0.2) is 53.0 Å². The van der Waals surface area contributed by atoms with Gasteiger partial charge in [-0.1, -0.05) is 18.2 Å². The molecule has 2 N–H and O–H groups in total. The van der Waals surface area contributed by atoms with Crippen molar-refractivity contribution >= 4 is 44.9 Å². The van der Waals surface area contributed by atoms with Crippen LogP contribution in [0.25, 0.3) is 0 Å². The Balaban J connectivity index is 2.01. The van der Waals surface area contributed by atoms with Crippen molar-refractivity contribution in [3.05, 3.63) is 64.4 Å². The standard InChI is InChI=1S/C14H10BrFN2OS/c15-11-8-10(16)6-7-12(11)17-14(20)18-13(19)9-4-2-1-3-5-9/h1-8H,(H2,17,18,19,20). The Hall–Kier alpha value is -1.79. The first kappa shape index (κ1) is 14.6. The first-order valence-electron chi connectivity index (χ1n) is 5.68. The molecule has 0 fully saturated rings. The molecule has 1 amide bonds. The number of thiocarbonyl (C=S) groups is 1. The van der Waals surface area contributed by atoms with E-state index in [4.69, 9.17) is 12.2 Å². The van der Waals surface area contributed by atoms with Crippen molar-refractivity contribution < 1.29 is 9.18 Å². The predicted octanol–water partition coefficient (Wildman–Crippen LogP) is 3.72. The quantitative estimate of drug-likeness (QED) is 0.809. The van der Waals surface area contributed by atoms with Crippen LogP contribution in [0.5, 0.6) is 0 Å². The highest BCUT2D eigenvalue weighted by atomic mass is 79.9. The summed E-state index contributed by atoms with van der Waals surface area (Å²) >= 11 is 8.26. The lowest BCUT2D eigenvalue weighted by atomic mass is 10.2. The van der Waals surface area contributed by atoms with Gasteiger partial charge in [-0.2, -0.15) is 0 Å². The van der Waals surface area contributed by atoms with Crippen LogP contribution >= 0.6 is 28.1 Å². The normalized spacial score (nSPS) is 9.90. The zero-order chi connectivity index (χ0) is 14.5. The fraction of sp³-hybridized carbons (Fsp3) is 0. The second-order valence-electron chi connectivity index (χ2n) is 3.90. The van der Waals surface area contributed by atoms with Gasteiger partial charge in [-0.25, -0.2) is 4.39 Å². The highest BCUT2D eigenvalue weighted by Gasteiger charge is 2.08. The molecule has 0 saturated carbocycles. The van der Waals surface area contributed by atoms with Crippen molar-refractivity contribution in [1.82, 2.24) is 5.32 Å². The number of benzene rings is 2. The van der Waals surface area contributed by atoms with Gasteiger partial charge in [0.1, 0.15) is 5.82 Å². The minimum atomic E-state index is -0.360. The van der Waals surface area contributed by atoms with Crippen molar-refractivity contribution in [3.63, 3.8) is 0 Å². The Morgan fingerprint density at radius 2 is 1.85 bits per heavy atom. The largest absolute Gasteiger partial charge is 0.331 e. The molecule has 0 bridgehead atoms. The molecule has 0 aromatic heterocycles. The molecule has 0 saturated heterocycles. The van der Waals surface area contributed by atoms with E-state index in [1.54, 1.807) is 24.3 Å². The lowest BCUT2D eigenvalue weighted by Gasteiger charge is -2.11. The summed E-state index contributed by atoms with van der Waals surface area (Å²) in [5, 5.41) is 5.52.